The summed E-state index contributed by atoms with van der Waals surface area (Å²) in [6.07, 6.45) is 4.45. The molecule has 2 rings (SSSR count). The molecule has 5 heteroatoms. The van der Waals surface area contributed by atoms with Crippen molar-refractivity contribution in [2.75, 3.05) is 17.6 Å². The molecule has 2 aromatic rings. The van der Waals surface area contributed by atoms with Crippen molar-refractivity contribution in [2.24, 2.45) is 0 Å². The van der Waals surface area contributed by atoms with E-state index in [2.05, 4.69) is 31.2 Å². The van der Waals surface area contributed by atoms with Crippen molar-refractivity contribution in [1.29, 1.82) is 0 Å². The molecule has 4 nitrogen and oxygen atoms in total. The Bertz CT molecular complexity index is 453. The lowest BCUT2D eigenvalue weighted by Crippen LogP contribution is -2.06. The smallest absolute Gasteiger partial charge is 0.107 e. The normalized spacial score (nSPS) is 10.3. The topological polar surface area (TPSA) is 66.7 Å². The number of imidazole rings is 1. The molecule has 0 aliphatic carbocycles. The lowest BCUT2D eigenvalue weighted by molar-refractivity contribution is 0.927. The molecule has 84 valence electrons. The van der Waals surface area contributed by atoms with E-state index in [0.717, 1.165) is 34.6 Å². The standard InChI is InChI=1S/C11H13BrN4/c12-9-7-8(13)1-2-10(9)14-4-3-11-15-5-6-16-11/h1-2,5-7,14H,3-4,13H2,(H,15,16). The van der Waals surface area contributed by atoms with E-state index in [1.54, 1.807) is 6.20 Å². The van der Waals surface area contributed by atoms with Gasteiger partial charge in [-0.1, -0.05) is 0 Å². The first-order valence-corrected chi connectivity index (χ1v) is 5.82. The van der Waals surface area contributed by atoms with Crippen molar-refractivity contribution in [2.45, 2.75) is 6.42 Å². The van der Waals surface area contributed by atoms with Crippen LogP contribution in [0.25, 0.3) is 0 Å². The minimum Gasteiger partial charge on any atom is -0.399 e. The van der Waals surface area contributed by atoms with Gasteiger partial charge in [-0.15, -0.1) is 0 Å². The second-order valence-electron chi connectivity index (χ2n) is 3.45. The molecular weight excluding hydrogens is 268 g/mol. The Morgan fingerprint density at radius 3 is 3.00 bits per heavy atom. The van der Waals surface area contributed by atoms with Crippen LogP contribution in [0.15, 0.2) is 35.1 Å². The highest BCUT2D eigenvalue weighted by molar-refractivity contribution is 9.10. The van der Waals surface area contributed by atoms with E-state index in [-0.39, 0.29) is 0 Å². The van der Waals surface area contributed by atoms with Gasteiger partial charge in [0.25, 0.3) is 0 Å². The first kappa shape index (κ1) is 11.0. The number of aromatic amines is 1. The number of H-pyrrole nitrogens is 1. The van der Waals surface area contributed by atoms with Crippen LogP contribution in [0.2, 0.25) is 0 Å². The van der Waals surface area contributed by atoms with Gasteiger partial charge in [-0.05, 0) is 34.1 Å². The van der Waals surface area contributed by atoms with Gasteiger partial charge in [-0.2, -0.15) is 0 Å². The van der Waals surface area contributed by atoms with Gasteiger partial charge in [0.1, 0.15) is 5.82 Å². The SMILES string of the molecule is Nc1ccc(NCCc2ncc[nH]2)c(Br)c1. The van der Waals surface area contributed by atoms with Crippen molar-refractivity contribution >= 4 is 27.3 Å². The number of anilines is 2. The number of halogens is 1. The fourth-order valence-corrected chi connectivity index (χ4v) is 1.96. The van der Waals surface area contributed by atoms with E-state index in [0.29, 0.717) is 0 Å². The lowest BCUT2D eigenvalue weighted by Gasteiger charge is -2.08. The van der Waals surface area contributed by atoms with Crippen LogP contribution in [0.5, 0.6) is 0 Å². The molecule has 0 saturated carbocycles. The van der Waals surface area contributed by atoms with Gasteiger partial charge in [-0.25, -0.2) is 4.98 Å². The summed E-state index contributed by atoms with van der Waals surface area (Å²) < 4.78 is 0.979. The number of hydrogen-bond acceptors (Lipinski definition) is 3. The fourth-order valence-electron chi connectivity index (χ4n) is 1.42. The van der Waals surface area contributed by atoms with Crippen molar-refractivity contribution in [1.82, 2.24) is 9.97 Å². The minimum absolute atomic E-state index is 0.753. The molecule has 0 fully saturated rings. The van der Waals surface area contributed by atoms with Crippen LogP contribution >= 0.6 is 15.9 Å². The van der Waals surface area contributed by atoms with Crippen LogP contribution in [-0.4, -0.2) is 16.5 Å². The quantitative estimate of drug-likeness (QED) is 0.754. The van der Waals surface area contributed by atoms with E-state index in [4.69, 9.17) is 5.73 Å². The monoisotopic (exact) mass is 280 g/mol. The van der Waals surface area contributed by atoms with Crippen molar-refractivity contribution in [3.8, 4) is 0 Å². The maximum absolute atomic E-state index is 5.66. The van der Waals surface area contributed by atoms with Gasteiger partial charge in [0.15, 0.2) is 0 Å². The molecule has 1 aromatic heterocycles. The Labute approximate surface area is 102 Å². The third-order valence-electron chi connectivity index (χ3n) is 2.23. The third kappa shape index (κ3) is 2.76. The molecule has 1 aromatic carbocycles. The van der Waals surface area contributed by atoms with Gasteiger partial charge in [-0.3, -0.25) is 0 Å². The maximum atomic E-state index is 5.66. The highest BCUT2D eigenvalue weighted by Crippen LogP contribution is 2.24. The Morgan fingerprint density at radius 2 is 2.31 bits per heavy atom. The number of nitrogen functional groups attached to an aromatic ring is 1. The number of aromatic nitrogens is 2. The van der Waals surface area contributed by atoms with Gasteiger partial charge in [0, 0.05) is 41.2 Å². The summed E-state index contributed by atoms with van der Waals surface area (Å²) >= 11 is 3.46. The van der Waals surface area contributed by atoms with Gasteiger partial charge in [0.2, 0.25) is 0 Å². The average molecular weight is 281 g/mol. The van der Waals surface area contributed by atoms with Crippen LogP contribution in [0.3, 0.4) is 0 Å². The molecule has 0 atom stereocenters. The third-order valence-corrected chi connectivity index (χ3v) is 2.88. The molecule has 16 heavy (non-hydrogen) atoms. The minimum atomic E-state index is 0.753. The number of rotatable bonds is 4. The summed E-state index contributed by atoms with van der Waals surface area (Å²) in [7, 11) is 0. The van der Waals surface area contributed by atoms with Crippen molar-refractivity contribution in [3.05, 3.63) is 40.9 Å². The number of nitrogens with one attached hydrogen (secondary N) is 2. The van der Waals surface area contributed by atoms with E-state index in [1.807, 2.05) is 24.4 Å². The summed E-state index contributed by atoms with van der Waals surface area (Å²) in [4.78, 5) is 7.22. The number of nitrogens with two attached hydrogens (primary N) is 1. The Hall–Kier alpha value is -1.49. The fraction of sp³-hybridized carbons (Fsp3) is 0.182. The van der Waals surface area contributed by atoms with Crippen LogP contribution in [0.4, 0.5) is 11.4 Å². The average Bonchev–Trinajstić information content (AvgIpc) is 2.74. The summed E-state index contributed by atoms with van der Waals surface area (Å²) in [6.45, 7) is 0.829. The van der Waals surface area contributed by atoms with Crippen LogP contribution in [0.1, 0.15) is 5.82 Å². The summed E-state index contributed by atoms with van der Waals surface area (Å²) in [6, 6.07) is 5.72. The zero-order valence-electron chi connectivity index (χ0n) is 8.70. The molecule has 0 saturated heterocycles. The second kappa shape index (κ2) is 5.03. The maximum Gasteiger partial charge on any atom is 0.107 e. The van der Waals surface area contributed by atoms with Crippen LogP contribution < -0.4 is 11.1 Å². The zero-order chi connectivity index (χ0) is 11.4. The Kier molecular flexibility index (Phi) is 3.46. The molecule has 1 heterocycles. The summed E-state index contributed by atoms with van der Waals surface area (Å²) in [5.74, 6) is 0.985. The van der Waals surface area contributed by atoms with Gasteiger partial charge < -0.3 is 16.0 Å². The lowest BCUT2D eigenvalue weighted by atomic mass is 10.3. The molecular formula is C11H13BrN4. The molecule has 0 amide bonds. The number of hydrogen-bond donors (Lipinski definition) is 3. The van der Waals surface area contributed by atoms with Crippen LogP contribution in [0, 0.1) is 0 Å². The van der Waals surface area contributed by atoms with E-state index in [1.165, 1.54) is 0 Å². The van der Waals surface area contributed by atoms with Crippen LogP contribution in [-0.2, 0) is 6.42 Å². The molecule has 0 bridgehead atoms. The van der Waals surface area contributed by atoms with E-state index >= 15 is 0 Å². The van der Waals surface area contributed by atoms with E-state index in [9.17, 15) is 0 Å². The van der Waals surface area contributed by atoms with E-state index < -0.39 is 0 Å². The van der Waals surface area contributed by atoms with Crippen molar-refractivity contribution in [3.63, 3.8) is 0 Å². The number of benzene rings is 1. The first-order valence-electron chi connectivity index (χ1n) is 5.03. The largest absolute Gasteiger partial charge is 0.399 e. The van der Waals surface area contributed by atoms with Gasteiger partial charge in [0.05, 0.1) is 0 Å². The molecule has 0 unspecified atom stereocenters. The second-order valence-corrected chi connectivity index (χ2v) is 4.31. The highest BCUT2D eigenvalue weighted by atomic mass is 79.9. The predicted molar refractivity (Wildman–Crippen MR) is 69.3 cm³/mol. The molecule has 0 spiro atoms. The summed E-state index contributed by atoms with van der Waals surface area (Å²) in [5.41, 5.74) is 7.46. The summed E-state index contributed by atoms with van der Waals surface area (Å²) in [5, 5.41) is 3.32. The zero-order valence-corrected chi connectivity index (χ0v) is 10.3. The Morgan fingerprint density at radius 1 is 1.44 bits per heavy atom. The highest BCUT2D eigenvalue weighted by Gasteiger charge is 2.00. The first-order chi connectivity index (χ1) is 7.75. The predicted octanol–water partition coefficient (Wildman–Crippen LogP) is 2.41. The molecule has 0 radical (unpaired) electrons. The van der Waals surface area contributed by atoms with Crippen molar-refractivity contribution < 1.29 is 0 Å². The molecule has 0 aliphatic heterocycles. The molecule has 4 N–H and O–H groups in total. The Balaban J connectivity index is 1.90. The number of nitrogens with zero attached hydrogens (tertiary/aromatic N) is 1. The molecule has 0 aliphatic rings. The van der Waals surface area contributed by atoms with Gasteiger partial charge >= 0.3 is 0 Å².